The number of hydrogen-bond acceptors (Lipinski definition) is 5. The molecule has 7 heteroatoms. The molecule has 1 fully saturated rings. The Kier molecular flexibility index (Phi) is 4.42. The maximum atomic E-state index is 11.2. The van der Waals surface area contributed by atoms with E-state index in [1.807, 2.05) is 0 Å². The van der Waals surface area contributed by atoms with Crippen molar-refractivity contribution >= 4 is 17.3 Å². The van der Waals surface area contributed by atoms with Crippen LogP contribution in [0.4, 0.5) is 11.4 Å². The van der Waals surface area contributed by atoms with Gasteiger partial charge in [0, 0.05) is 36.4 Å². The van der Waals surface area contributed by atoms with Crippen molar-refractivity contribution in [1.82, 2.24) is 4.90 Å². The Morgan fingerprint density at radius 1 is 1.57 bits per heavy atom. The maximum Gasteiger partial charge on any atom is 0.338 e. The Bertz CT molecular complexity index is 557. The number of aromatic carboxylic acids is 1. The highest BCUT2D eigenvalue weighted by atomic mass is 16.6. The number of nitrogens with zero attached hydrogens (tertiary/aromatic N) is 2. The first kappa shape index (κ1) is 15.2. The minimum Gasteiger partial charge on any atom is -0.478 e. The van der Waals surface area contributed by atoms with Gasteiger partial charge < -0.3 is 10.4 Å². The lowest BCUT2D eigenvalue weighted by molar-refractivity contribution is -0.384. The first-order valence-corrected chi connectivity index (χ1v) is 6.87. The van der Waals surface area contributed by atoms with Crippen molar-refractivity contribution in [2.24, 2.45) is 0 Å². The number of non-ortho nitro benzene ring substituents is 1. The summed E-state index contributed by atoms with van der Waals surface area (Å²) >= 11 is 0. The second kappa shape index (κ2) is 6.09. The molecular formula is C14H19N3O4. The molecule has 114 valence electrons. The molecule has 0 radical (unpaired) electrons. The van der Waals surface area contributed by atoms with Crippen molar-refractivity contribution in [1.29, 1.82) is 0 Å². The summed E-state index contributed by atoms with van der Waals surface area (Å²) in [4.78, 5) is 23.6. The third-order valence-corrected chi connectivity index (χ3v) is 3.85. The number of nitrogens with one attached hydrogen (secondary N) is 1. The molecule has 21 heavy (non-hydrogen) atoms. The van der Waals surface area contributed by atoms with E-state index in [-0.39, 0.29) is 17.3 Å². The van der Waals surface area contributed by atoms with Gasteiger partial charge in [-0.25, -0.2) is 4.79 Å². The molecule has 1 unspecified atom stereocenters. The van der Waals surface area contributed by atoms with Crippen LogP contribution in [-0.4, -0.2) is 46.6 Å². The molecule has 0 amide bonds. The van der Waals surface area contributed by atoms with Gasteiger partial charge in [-0.3, -0.25) is 15.0 Å². The van der Waals surface area contributed by atoms with Crippen LogP contribution in [0.2, 0.25) is 0 Å². The topological polar surface area (TPSA) is 95.7 Å². The first-order valence-electron chi connectivity index (χ1n) is 6.87. The average molecular weight is 293 g/mol. The molecule has 0 saturated heterocycles. The standard InChI is InChI=1S/C14H19N3O4/c1-9(16(2)10-3-4-10)8-15-13-6-5-11(17(20)21)7-12(13)14(18)19/h5-7,9-10,15H,3-4,8H2,1-2H3,(H,18,19). The summed E-state index contributed by atoms with van der Waals surface area (Å²) in [6.07, 6.45) is 2.41. The SMILES string of the molecule is CC(CNc1ccc([N+](=O)[O-])cc1C(=O)O)N(C)C1CC1. The molecular weight excluding hydrogens is 274 g/mol. The fraction of sp³-hybridized carbons (Fsp3) is 0.500. The second-order valence-electron chi connectivity index (χ2n) is 5.42. The lowest BCUT2D eigenvalue weighted by Gasteiger charge is -2.25. The largest absolute Gasteiger partial charge is 0.478 e. The van der Waals surface area contributed by atoms with Crippen LogP contribution in [-0.2, 0) is 0 Å². The van der Waals surface area contributed by atoms with Crippen LogP contribution < -0.4 is 5.32 Å². The molecule has 0 aromatic heterocycles. The summed E-state index contributed by atoms with van der Waals surface area (Å²) in [6.45, 7) is 2.66. The Labute approximate surface area is 122 Å². The zero-order valence-electron chi connectivity index (χ0n) is 12.1. The van der Waals surface area contributed by atoms with Crippen LogP contribution in [0.25, 0.3) is 0 Å². The number of nitro benzene ring substituents is 1. The van der Waals surface area contributed by atoms with E-state index in [2.05, 4.69) is 24.2 Å². The van der Waals surface area contributed by atoms with Crippen LogP contribution in [0.1, 0.15) is 30.1 Å². The average Bonchev–Trinajstić information content (AvgIpc) is 3.27. The summed E-state index contributed by atoms with van der Waals surface area (Å²) in [5, 5.41) is 23.0. The van der Waals surface area contributed by atoms with Crippen molar-refractivity contribution in [3.05, 3.63) is 33.9 Å². The molecule has 2 rings (SSSR count). The number of hydrogen-bond donors (Lipinski definition) is 2. The van der Waals surface area contributed by atoms with E-state index in [9.17, 15) is 20.0 Å². The minimum atomic E-state index is -1.18. The number of carboxylic acid groups (broad SMARTS) is 1. The Morgan fingerprint density at radius 2 is 2.24 bits per heavy atom. The predicted octanol–water partition coefficient (Wildman–Crippen LogP) is 2.19. The summed E-state index contributed by atoms with van der Waals surface area (Å²) in [5.74, 6) is -1.18. The zero-order valence-corrected chi connectivity index (χ0v) is 12.1. The normalized spacial score (nSPS) is 15.8. The number of benzene rings is 1. The van der Waals surface area contributed by atoms with Gasteiger partial charge in [-0.1, -0.05) is 0 Å². The maximum absolute atomic E-state index is 11.2. The van der Waals surface area contributed by atoms with Gasteiger partial charge in [0.1, 0.15) is 0 Å². The number of nitro groups is 1. The number of rotatable bonds is 7. The third-order valence-electron chi connectivity index (χ3n) is 3.85. The lowest BCUT2D eigenvalue weighted by Crippen LogP contribution is -2.36. The molecule has 1 aliphatic rings. The van der Waals surface area contributed by atoms with Crippen LogP contribution in [0.15, 0.2) is 18.2 Å². The Balaban J connectivity index is 2.08. The molecule has 0 heterocycles. The fourth-order valence-corrected chi connectivity index (χ4v) is 2.22. The van der Waals surface area contributed by atoms with E-state index < -0.39 is 10.9 Å². The fourth-order valence-electron chi connectivity index (χ4n) is 2.22. The lowest BCUT2D eigenvalue weighted by atomic mass is 10.1. The third kappa shape index (κ3) is 3.69. The predicted molar refractivity (Wildman–Crippen MR) is 78.8 cm³/mol. The van der Waals surface area contributed by atoms with E-state index in [0.717, 1.165) is 6.07 Å². The smallest absolute Gasteiger partial charge is 0.338 e. The first-order chi connectivity index (χ1) is 9.90. The van der Waals surface area contributed by atoms with Crippen molar-refractivity contribution in [3.63, 3.8) is 0 Å². The van der Waals surface area contributed by atoms with Gasteiger partial charge in [0.2, 0.25) is 0 Å². The summed E-state index contributed by atoms with van der Waals surface area (Å²) in [6, 6.07) is 4.72. The van der Waals surface area contributed by atoms with Crippen LogP contribution in [0.5, 0.6) is 0 Å². The molecule has 1 atom stereocenters. The molecule has 1 saturated carbocycles. The van der Waals surface area contributed by atoms with Gasteiger partial charge in [0.25, 0.3) is 5.69 Å². The Hall–Kier alpha value is -2.15. The van der Waals surface area contributed by atoms with E-state index in [1.165, 1.54) is 25.0 Å². The minimum absolute atomic E-state index is 0.0783. The van der Waals surface area contributed by atoms with Crippen molar-refractivity contribution in [2.75, 3.05) is 18.9 Å². The molecule has 0 spiro atoms. The molecule has 0 bridgehead atoms. The highest BCUT2D eigenvalue weighted by Crippen LogP contribution is 2.27. The van der Waals surface area contributed by atoms with Crippen molar-refractivity contribution in [2.45, 2.75) is 31.8 Å². The van der Waals surface area contributed by atoms with E-state index in [1.54, 1.807) is 0 Å². The molecule has 1 aliphatic carbocycles. The molecule has 2 N–H and O–H groups in total. The number of carbonyl (C=O) groups is 1. The number of carboxylic acids is 1. The van der Waals surface area contributed by atoms with Crippen LogP contribution in [0.3, 0.4) is 0 Å². The Morgan fingerprint density at radius 3 is 2.76 bits per heavy atom. The van der Waals surface area contributed by atoms with Gasteiger partial charge >= 0.3 is 5.97 Å². The van der Waals surface area contributed by atoms with Crippen LogP contribution in [0, 0.1) is 10.1 Å². The van der Waals surface area contributed by atoms with Gasteiger partial charge in [0.15, 0.2) is 0 Å². The summed E-state index contributed by atoms with van der Waals surface area (Å²) in [5.41, 5.74) is 0.107. The highest BCUT2D eigenvalue weighted by Gasteiger charge is 2.29. The monoisotopic (exact) mass is 293 g/mol. The van der Waals surface area contributed by atoms with Crippen molar-refractivity contribution < 1.29 is 14.8 Å². The zero-order chi connectivity index (χ0) is 15.6. The van der Waals surface area contributed by atoms with E-state index >= 15 is 0 Å². The van der Waals surface area contributed by atoms with Crippen molar-refractivity contribution in [3.8, 4) is 0 Å². The van der Waals surface area contributed by atoms with Gasteiger partial charge in [-0.05, 0) is 32.9 Å². The van der Waals surface area contributed by atoms with E-state index in [4.69, 9.17) is 0 Å². The van der Waals surface area contributed by atoms with Crippen LogP contribution >= 0.6 is 0 Å². The quantitative estimate of drug-likeness (QED) is 0.591. The molecule has 7 nitrogen and oxygen atoms in total. The molecule has 1 aromatic carbocycles. The molecule has 1 aromatic rings. The second-order valence-corrected chi connectivity index (χ2v) is 5.42. The number of likely N-dealkylation sites (N-methyl/N-ethyl adjacent to an activating group) is 1. The summed E-state index contributed by atoms with van der Waals surface area (Å²) in [7, 11) is 2.05. The van der Waals surface area contributed by atoms with Gasteiger partial charge in [0.05, 0.1) is 10.5 Å². The molecule has 0 aliphatic heterocycles. The number of anilines is 1. The van der Waals surface area contributed by atoms with Gasteiger partial charge in [-0.15, -0.1) is 0 Å². The summed E-state index contributed by atoms with van der Waals surface area (Å²) < 4.78 is 0. The highest BCUT2D eigenvalue weighted by molar-refractivity contribution is 5.95. The van der Waals surface area contributed by atoms with Gasteiger partial charge in [-0.2, -0.15) is 0 Å². The van der Waals surface area contributed by atoms with E-state index in [0.29, 0.717) is 18.3 Å².